The van der Waals surface area contributed by atoms with Crippen LogP contribution in [0, 0.1) is 41.5 Å². The molecular formula is C15H22N6S. The summed E-state index contributed by atoms with van der Waals surface area (Å²) in [6.45, 7) is 12.3. The van der Waals surface area contributed by atoms with Crippen molar-refractivity contribution in [3.8, 4) is 0 Å². The fourth-order valence-corrected chi connectivity index (χ4v) is 4.80. The lowest BCUT2D eigenvalue weighted by molar-refractivity contribution is 0.815. The summed E-state index contributed by atoms with van der Waals surface area (Å²) in [5, 5.41) is 14.1. The third-order valence-corrected chi connectivity index (χ3v) is 5.70. The molecule has 3 heterocycles. The predicted octanol–water partition coefficient (Wildman–Crippen LogP) is 2.82. The first-order valence-corrected chi connectivity index (χ1v) is 8.47. The maximum absolute atomic E-state index is 4.69. The van der Waals surface area contributed by atoms with Gasteiger partial charge in [-0.15, -0.1) is 0 Å². The van der Waals surface area contributed by atoms with E-state index in [9.17, 15) is 0 Å². The molecule has 3 rings (SSSR count). The van der Waals surface area contributed by atoms with E-state index < -0.39 is 11.5 Å². The summed E-state index contributed by atoms with van der Waals surface area (Å²) >= 11 is -1.03. The topological polar surface area (TPSA) is 53.5 Å². The van der Waals surface area contributed by atoms with Crippen molar-refractivity contribution in [1.82, 2.24) is 27.6 Å². The number of nitrogens with zero attached hydrogens (tertiary/aromatic N) is 6. The van der Waals surface area contributed by atoms with Crippen molar-refractivity contribution in [2.45, 2.75) is 41.5 Å². The fraction of sp³-hybridized carbons (Fsp3) is 0.400. The lowest BCUT2D eigenvalue weighted by atomic mass is 10.4. The number of hydrogen-bond acceptors (Lipinski definition) is 3. The first-order chi connectivity index (χ1) is 10.4. The van der Waals surface area contributed by atoms with E-state index in [-0.39, 0.29) is 0 Å². The molecule has 3 aromatic rings. The normalized spacial score (nSPS) is 12.0. The van der Waals surface area contributed by atoms with Crippen LogP contribution in [0.1, 0.15) is 34.2 Å². The largest absolute Gasteiger partial charge is 0.195 e. The van der Waals surface area contributed by atoms with E-state index in [2.05, 4.69) is 54.3 Å². The van der Waals surface area contributed by atoms with Crippen molar-refractivity contribution < 1.29 is 0 Å². The van der Waals surface area contributed by atoms with E-state index in [1.807, 2.05) is 33.0 Å². The van der Waals surface area contributed by atoms with Crippen LogP contribution in [0.4, 0.5) is 0 Å². The summed E-state index contributed by atoms with van der Waals surface area (Å²) in [4.78, 5) is 0. The van der Waals surface area contributed by atoms with Gasteiger partial charge in [-0.1, -0.05) is 0 Å². The standard InChI is InChI=1S/C15H22N6S/c1-10-7-13(4)19(16-10)22(20-14(5)8-11(2)17-20)21-15(6)9-12(3)18-21/h7-9,22H,1-6H3. The zero-order valence-electron chi connectivity index (χ0n) is 13.9. The van der Waals surface area contributed by atoms with Crippen LogP contribution in [0.2, 0.25) is 0 Å². The van der Waals surface area contributed by atoms with Gasteiger partial charge >= 0.3 is 0 Å². The summed E-state index contributed by atoms with van der Waals surface area (Å²) in [5.41, 5.74) is 6.37. The highest BCUT2D eigenvalue weighted by Crippen LogP contribution is 2.34. The summed E-state index contributed by atoms with van der Waals surface area (Å²) in [6.07, 6.45) is 0. The Kier molecular flexibility index (Phi) is 3.60. The maximum atomic E-state index is 4.69. The van der Waals surface area contributed by atoms with E-state index in [4.69, 9.17) is 0 Å². The Bertz CT molecular complexity index is 715. The van der Waals surface area contributed by atoms with E-state index in [1.54, 1.807) is 0 Å². The Morgan fingerprint density at radius 2 is 0.864 bits per heavy atom. The van der Waals surface area contributed by atoms with Crippen LogP contribution in [0.15, 0.2) is 18.2 Å². The van der Waals surface area contributed by atoms with Crippen LogP contribution in [0.25, 0.3) is 0 Å². The maximum Gasteiger partial charge on any atom is 0.0607 e. The second-order valence-corrected chi connectivity index (χ2v) is 7.39. The van der Waals surface area contributed by atoms with Crippen LogP contribution >= 0.6 is 11.5 Å². The van der Waals surface area contributed by atoms with Gasteiger partial charge in [0.15, 0.2) is 0 Å². The molecule has 0 radical (unpaired) electrons. The van der Waals surface area contributed by atoms with Gasteiger partial charge in [0.2, 0.25) is 0 Å². The molecule has 0 spiro atoms. The van der Waals surface area contributed by atoms with Gasteiger partial charge in [0, 0.05) is 11.5 Å². The molecule has 6 nitrogen and oxygen atoms in total. The molecule has 0 atom stereocenters. The Morgan fingerprint density at radius 1 is 0.591 bits per heavy atom. The molecule has 22 heavy (non-hydrogen) atoms. The van der Waals surface area contributed by atoms with Crippen LogP contribution in [-0.2, 0) is 0 Å². The molecule has 0 fully saturated rings. The average molecular weight is 318 g/mol. The van der Waals surface area contributed by atoms with E-state index >= 15 is 0 Å². The SMILES string of the molecule is Cc1cc(C)n([SH](n2nc(C)cc2C)n2nc(C)cc2C)n1. The Hall–Kier alpha value is -2.02. The Balaban J connectivity index is 2.25. The van der Waals surface area contributed by atoms with Gasteiger partial charge in [-0.25, -0.2) is 0 Å². The highest BCUT2D eigenvalue weighted by atomic mass is 32.2. The molecule has 0 aliphatic carbocycles. The minimum atomic E-state index is -1.03. The summed E-state index contributed by atoms with van der Waals surface area (Å²) < 4.78 is 6.14. The van der Waals surface area contributed by atoms with E-state index in [0.717, 1.165) is 34.2 Å². The number of rotatable bonds is 3. The van der Waals surface area contributed by atoms with Gasteiger partial charge < -0.3 is 0 Å². The van der Waals surface area contributed by atoms with Crippen molar-refractivity contribution in [2.75, 3.05) is 0 Å². The van der Waals surface area contributed by atoms with Crippen LogP contribution in [-0.4, -0.2) is 27.6 Å². The molecule has 0 bridgehead atoms. The molecule has 0 unspecified atom stereocenters. The monoisotopic (exact) mass is 318 g/mol. The first-order valence-electron chi connectivity index (χ1n) is 7.27. The molecule has 0 saturated carbocycles. The molecule has 0 aliphatic rings. The molecule has 0 amide bonds. The van der Waals surface area contributed by atoms with Gasteiger partial charge in [0.1, 0.15) is 0 Å². The van der Waals surface area contributed by atoms with Crippen LogP contribution < -0.4 is 0 Å². The smallest absolute Gasteiger partial charge is 0.0607 e. The zero-order valence-corrected chi connectivity index (χ0v) is 14.8. The number of aryl methyl sites for hydroxylation is 6. The van der Waals surface area contributed by atoms with Gasteiger partial charge in [-0.2, -0.15) is 27.6 Å². The predicted molar refractivity (Wildman–Crippen MR) is 90.3 cm³/mol. The van der Waals surface area contributed by atoms with Crippen molar-refractivity contribution in [3.05, 3.63) is 52.4 Å². The molecule has 0 aromatic carbocycles. The minimum Gasteiger partial charge on any atom is -0.195 e. The van der Waals surface area contributed by atoms with Crippen molar-refractivity contribution in [3.63, 3.8) is 0 Å². The van der Waals surface area contributed by atoms with Crippen LogP contribution in [0.5, 0.6) is 0 Å². The lowest BCUT2D eigenvalue weighted by Crippen LogP contribution is -2.19. The van der Waals surface area contributed by atoms with Gasteiger partial charge in [0.25, 0.3) is 0 Å². The summed E-state index contributed by atoms with van der Waals surface area (Å²) in [6, 6.07) is 6.27. The third-order valence-electron chi connectivity index (χ3n) is 3.47. The highest BCUT2D eigenvalue weighted by Gasteiger charge is 2.20. The lowest BCUT2D eigenvalue weighted by Gasteiger charge is -2.26. The van der Waals surface area contributed by atoms with Crippen molar-refractivity contribution in [2.24, 2.45) is 0 Å². The summed E-state index contributed by atoms with van der Waals surface area (Å²) in [7, 11) is 0. The second kappa shape index (κ2) is 5.31. The average Bonchev–Trinajstić information content (AvgIpc) is 3.02. The molecule has 118 valence electrons. The highest BCUT2D eigenvalue weighted by molar-refractivity contribution is 8.12. The Morgan fingerprint density at radius 3 is 1.05 bits per heavy atom. The number of thiol groups is 1. The number of aromatic nitrogens is 6. The molecule has 0 N–H and O–H groups in total. The Labute approximate surface area is 133 Å². The second-order valence-electron chi connectivity index (χ2n) is 5.72. The van der Waals surface area contributed by atoms with Crippen LogP contribution in [0.3, 0.4) is 0 Å². The van der Waals surface area contributed by atoms with Crippen molar-refractivity contribution >= 4 is 11.5 Å². The zero-order chi connectivity index (χ0) is 16.0. The number of hydrogen-bond donors (Lipinski definition) is 1. The van der Waals surface area contributed by atoms with Gasteiger partial charge in [-0.05, 0) is 59.7 Å². The van der Waals surface area contributed by atoms with E-state index in [0.29, 0.717) is 0 Å². The molecule has 0 aliphatic heterocycles. The fourth-order valence-electron chi connectivity index (χ4n) is 2.64. The third kappa shape index (κ3) is 2.45. The quantitative estimate of drug-likeness (QED) is 0.756. The first kappa shape index (κ1) is 14.9. The van der Waals surface area contributed by atoms with Gasteiger partial charge in [-0.3, -0.25) is 0 Å². The van der Waals surface area contributed by atoms with Gasteiger partial charge in [0.05, 0.1) is 34.2 Å². The van der Waals surface area contributed by atoms with E-state index in [1.165, 1.54) is 0 Å². The molecular weight excluding hydrogens is 296 g/mol. The molecule has 7 heteroatoms. The molecule has 3 aromatic heterocycles. The summed E-state index contributed by atoms with van der Waals surface area (Å²) in [5.74, 6) is 0. The molecule has 0 saturated heterocycles. The van der Waals surface area contributed by atoms with Crippen molar-refractivity contribution in [1.29, 1.82) is 0 Å². The minimum absolute atomic E-state index is 1.01.